The van der Waals surface area contributed by atoms with Crippen molar-refractivity contribution in [2.24, 2.45) is 0 Å². The van der Waals surface area contributed by atoms with E-state index in [1.165, 1.54) is 24.5 Å². The molecule has 0 fully saturated rings. The summed E-state index contributed by atoms with van der Waals surface area (Å²) in [6.45, 7) is 1.48. The molecule has 0 aliphatic carbocycles. The number of amides is 2. The van der Waals surface area contributed by atoms with E-state index in [9.17, 15) is 14.7 Å². The SMILES string of the molecule is COc1ccc(Cl)cc1NC(=O)C(=O)NCC(C)(O)c1cccs1. The maximum Gasteiger partial charge on any atom is 0.313 e. The van der Waals surface area contributed by atoms with Crippen LogP contribution in [-0.2, 0) is 15.2 Å². The van der Waals surface area contributed by atoms with Gasteiger partial charge < -0.3 is 20.5 Å². The van der Waals surface area contributed by atoms with Gasteiger partial charge in [-0.3, -0.25) is 9.59 Å². The molecule has 0 bridgehead atoms. The zero-order valence-corrected chi connectivity index (χ0v) is 14.7. The van der Waals surface area contributed by atoms with Crippen LogP contribution in [0.25, 0.3) is 0 Å². The van der Waals surface area contributed by atoms with Gasteiger partial charge in [0.25, 0.3) is 0 Å². The van der Waals surface area contributed by atoms with E-state index < -0.39 is 17.4 Å². The fourth-order valence-electron chi connectivity index (χ4n) is 1.96. The zero-order valence-electron chi connectivity index (χ0n) is 13.1. The molecule has 2 aromatic rings. The first-order valence-electron chi connectivity index (χ1n) is 7.02. The molecule has 1 heterocycles. The van der Waals surface area contributed by atoms with E-state index in [4.69, 9.17) is 16.3 Å². The minimum atomic E-state index is -1.25. The number of carbonyl (C=O) groups excluding carboxylic acids is 2. The summed E-state index contributed by atoms with van der Waals surface area (Å²) >= 11 is 7.24. The molecule has 0 radical (unpaired) electrons. The highest BCUT2D eigenvalue weighted by molar-refractivity contribution is 7.10. The third-order valence-electron chi connectivity index (χ3n) is 3.26. The Hall–Kier alpha value is -2.09. The van der Waals surface area contributed by atoms with Gasteiger partial charge in [-0.2, -0.15) is 0 Å². The highest BCUT2D eigenvalue weighted by Gasteiger charge is 2.26. The summed E-state index contributed by atoms with van der Waals surface area (Å²) in [7, 11) is 1.44. The smallest absolute Gasteiger partial charge is 0.313 e. The minimum Gasteiger partial charge on any atom is -0.495 e. The zero-order chi connectivity index (χ0) is 17.7. The normalized spacial score (nSPS) is 13.0. The molecule has 24 heavy (non-hydrogen) atoms. The molecule has 8 heteroatoms. The van der Waals surface area contributed by atoms with Crippen LogP contribution in [0.15, 0.2) is 35.7 Å². The number of hydrogen-bond donors (Lipinski definition) is 3. The number of ether oxygens (including phenoxy) is 1. The maximum atomic E-state index is 12.0. The van der Waals surface area contributed by atoms with Crippen molar-refractivity contribution in [3.8, 4) is 5.75 Å². The lowest BCUT2D eigenvalue weighted by Gasteiger charge is -2.22. The Morgan fingerprint density at radius 3 is 2.71 bits per heavy atom. The van der Waals surface area contributed by atoms with Crippen molar-refractivity contribution in [2.75, 3.05) is 19.0 Å². The molecule has 0 spiro atoms. The molecule has 3 N–H and O–H groups in total. The largest absolute Gasteiger partial charge is 0.495 e. The molecular weight excluding hydrogens is 352 g/mol. The summed E-state index contributed by atoms with van der Waals surface area (Å²) in [5, 5.41) is 17.4. The summed E-state index contributed by atoms with van der Waals surface area (Å²) in [5.74, 6) is -1.36. The summed E-state index contributed by atoms with van der Waals surface area (Å²) in [6.07, 6.45) is 0. The maximum absolute atomic E-state index is 12.0. The van der Waals surface area contributed by atoms with Crippen LogP contribution in [0.2, 0.25) is 5.02 Å². The van der Waals surface area contributed by atoms with Gasteiger partial charge in [-0.1, -0.05) is 17.7 Å². The van der Waals surface area contributed by atoms with Crippen LogP contribution in [0.4, 0.5) is 5.69 Å². The third-order valence-corrected chi connectivity index (χ3v) is 4.62. The van der Waals surface area contributed by atoms with E-state index >= 15 is 0 Å². The van der Waals surface area contributed by atoms with Crippen molar-refractivity contribution in [1.29, 1.82) is 0 Å². The Morgan fingerprint density at radius 1 is 1.33 bits per heavy atom. The number of carbonyl (C=O) groups is 2. The van der Waals surface area contributed by atoms with Crippen LogP contribution in [0.3, 0.4) is 0 Å². The molecule has 0 saturated heterocycles. The molecule has 0 saturated carbocycles. The predicted molar refractivity (Wildman–Crippen MR) is 93.5 cm³/mol. The number of rotatable bonds is 5. The van der Waals surface area contributed by atoms with Crippen molar-refractivity contribution < 1.29 is 19.4 Å². The van der Waals surface area contributed by atoms with Gasteiger partial charge in [-0.25, -0.2) is 0 Å². The van der Waals surface area contributed by atoms with Crippen molar-refractivity contribution in [3.63, 3.8) is 0 Å². The molecule has 2 rings (SSSR count). The highest BCUT2D eigenvalue weighted by atomic mass is 35.5. The highest BCUT2D eigenvalue weighted by Crippen LogP contribution is 2.27. The van der Waals surface area contributed by atoms with Crippen LogP contribution >= 0.6 is 22.9 Å². The van der Waals surface area contributed by atoms with Crippen molar-refractivity contribution in [1.82, 2.24) is 5.32 Å². The lowest BCUT2D eigenvalue weighted by atomic mass is 10.1. The monoisotopic (exact) mass is 368 g/mol. The molecule has 1 aromatic carbocycles. The second kappa shape index (κ2) is 7.65. The van der Waals surface area contributed by atoms with Crippen LogP contribution in [-0.4, -0.2) is 30.6 Å². The molecule has 1 atom stereocenters. The van der Waals surface area contributed by atoms with Gasteiger partial charge in [-0.15, -0.1) is 11.3 Å². The van der Waals surface area contributed by atoms with E-state index in [-0.39, 0.29) is 12.2 Å². The Bertz CT molecular complexity index is 732. The average Bonchev–Trinajstić information content (AvgIpc) is 3.08. The molecule has 2 amide bonds. The number of hydrogen-bond acceptors (Lipinski definition) is 5. The van der Waals surface area contributed by atoms with Crippen LogP contribution in [0.5, 0.6) is 5.75 Å². The van der Waals surface area contributed by atoms with E-state index in [1.54, 1.807) is 31.2 Å². The average molecular weight is 369 g/mol. The standard InChI is InChI=1S/C16H17ClN2O4S/c1-16(22,13-4-3-7-24-13)9-18-14(20)15(21)19-11-8-10(17)5-6-12(11)23-2/h3-8,22H,9H2,1-2H3,(H,18,20)(H,19,21). The van der Waals surface area contributed by atoms with Gasteiger partial charge in [0.1, 0.15) is 11.4 Å². The van der Waals surface area contributed by atoms with Crippen LogP contribution < -0.4 is 15.4 Å². The van der Waals surface area contributed by atoms with Crippen LogP contribution in [0.1, 0.15) is 11.8 Å². The predicted octanol–water partition coefficient (Wildman–Crippen LogP) is 2.37. The van der Waals surface area contributed by atoms with Crippen LogP contribution in [0, 0.1) is 0 Å². The lowest BCUT2D eigenvalue weighted by molar-refractivity contribution is -0.136. The Balaban J connectivity index is 1.98. The molecule has 1 unspecified atom stereocenters. The summed E-state index contributed by atoms with van der Waals surface area (Å²) < 4.78 is 5.10. The fraction of sp³-hybridized carbons (Fsp3) is 0.250. The Morgan fingerprint density at radius 2 is 2.08 bits per heavy atom. The van der Waals surface area contributed by atoms with Gasteiger partial charge in [0.2, 0.25) is 0 Å². The van der Waals surface area contributed by atoms with Gasteiger partial charge in [0.05, 0.1) is 19.3 Å². The number of methoxy groups -OCH3 is 1. The van der Waals surface area contributed by atoms with E-state index in [0.29, 0.717) is 15.6 Å². The molecule has 128 valence electrons. The van der Waals surface area contributed by atoms with Crippen molar-refractivity contribution in [2.45, 2.75) is 12.5 Å². The summed E-state index contributed by atoms with van der Waals surface area (Å²) in [5.41, 5.74) is -0.965. The fourth-order valence-corrected chi connectivity index (χ4v) is 2.92. The number of benzene rings is 1. The van der Waals surface area contributed by atoms with E-state index in [0.717, 1.165) is 0 Å². The first kappa shape index (κ1) is 18.3. The van der Waals surface area contributed by atoms with Gasteiger partial charge in [-0.05, 0) is 36.6 Å². The summed E-state index contributed by atoms with van der Waals surface area (Å²) in [6, 6.07) is 8.22. The van der Waals surface area contributed by atoms with Gasteiger partial charge >= 0.3 is 11.8 Å². The Labute approximate surface area is 148 Å². The quantitative estimate of drug-likeness (QED) is 0.707. The molecule has 0 aliphatic heterocycles. The van der Waals surface area contributed by atoms with Gasteiger partial charge in [0.15, 0.2) is 0 Å². The molecule has 0 aliphatic rings. The minimum absolute atomic E-state index is 0.0908. The topological polar surface area (TPSA) is 87.7 Å². The Kier molecular flexibility index (Phi) is 5.82. The van der Waals surface area contributed by atoms with Crippen molar-refractivity contribution in [3.05, 3.63) is 45.6 Å². The number of halogens is 1. The number of thiophene rings is 1. The van der Waals surface area contributed by atoms with Crippen molar-refractivity contribution >= 4 is 40.4 Å². The lowest BCUT2D eigenvalue weighted by Crippen LogP contribution is -2.43. The third kappa shape index (κ3) is 4.47. The number of nitrogens with one attached hydrogen (secondary N) is 2. The first-order chi connectivity index (χ1) is 11.3. The number of aliphatic hydroxyl groups is 1. The molecular formula is C16H17ClN2O4S. The number of anilines is 1. The second-order valence-electron chi connectivity index (χ2n) is 5.23. The van der Waals surface area contributed by atoms with Gasteiger partial charge in [0, 0.05) is 9.90 Å². The van der Waals surface area contributed by atoms with E-state index in [1.807, 2.05) is 5.38 Å². The molecule has 1 aromatic heterocycles. The molecule has 6 nitrogen and oxygen atoms in total. The second-order valence-corrected chi connectivity index (χ2v) is 6.62. The van der Waals surface area contributed by atoms with E-state index in [2.05, 4.69) is 10.6 Å². The summed E-state index contributed by atoms with van der Waals surface area (Å²) in [4.78, 5) is 24.6. The first-order valence-corrected chi connectivity index (χ1v) is 8.28.